The number of para-hydroxylation sites is 1. The van der Waals surface area contributed by atoms with Crippen LogP contribution < -0.4 is 29.6 Å². The van der Waals surface area contributed by atoms with Crippen molar-refractivity contribution in [3.05, 3.63) is 29.8 Å². The molecule has 0 aliphatic rings. The third kappa shape index (κ3) is 2.14. The second kappa shape index (κ2) is 4.50. The van der Waals surface area contributed by atoms with Gasteiger partial charge in [-0.25, -0.2) is 0 Å². The first-order valence-corrected chi connectivity index (χ1v) is 2.51. The third-order valence-corrected chi connectivity index (χ3v) is 1.01. The molecule has 0 aliphatic carbocycles. The number of benzene rings is 1. The van der Waals surface area contributed by atoms with Gasteiger partial charge in [0.1, 0.15) is 0 Å². The van der Waals surface area contributed by atoms with Crippen LogP contribution in [0, 0.1) is 0 Å². The monoisotopic (exact) mass is 144 g/mol. The van der Waals surface area contributed by atoms with Gasteiger partial charge in [-0.3, -0.25) is 0 Å². The molecule has 0 bridgehead atoms. The number of phenolic OH excluding ortho intramolecular Hbond substituents is 1. The van der Waals surface area contributed by atoms with Crippen LogP contribution in [-0.4, -0.2) is 11.4 Å². The van der Waals surface area contributed by atoms with Crippen LogP contribution in [0.3, 0.4) is 0 Å². The molecule has 10 heavy (non-hydrogen) atoms. The fourth-order valence-electron chi connectivity index (χ4n) is 0.560. The van der Waals surface area contributed by atoms with Crippen LogP contribution in [-0.2, 0) is 4.79 Å². The summed E-state index contributed by atoms with van der Waals surface area (Å²) in [5.41, 5.74) is 0.206. The van der Waals surface area contributed by atoms with Crippen LogP contribution >= 0.6 is 0 Å². The summed E-state index contributed by atoms with van der Waals surface area (Å²) < 4.78 is 0. The molecular weight excluding hydrogens is 139 g/mol. The molecular formula is C7H5NaO2. The molecule has 1 rings (SSSR count). The molecule has 46 valence electrons. The van der Waals surface area contributed by atoms with Gasteiger partial charge < -0.3 is 9.90 Å². The predicted octanol–water partition coefficient (Wildman–Crippen LogP) is -2.15. The summed E-state index contributed by atoms with van der Waals surface area (Å²) in [6, 6.07) is 6.26. The molecule has 0 aliphatic heterocycles. The Morgan fingerprint density at radius 3 is 2.30 bits per heavy atom. The molecule has 0 radical (unpaired) electrons. The Balaban J connectivity index is 0.000000810. The zero-order valence-electron chi connectivity index (χ0n) is 5.66. The summed E-state index contributed by atoms with van der Waals surface area (Å²) in [6.07, 6.45) is 1.60. The topological polar surface area (TPSA) is 37.3 Å². The number of hydrogen-bond acceptors (Lipinski definition) is 2. The van der Waals surface area contributed by atoms with E-state index >= 15 is 0 Å². The summed E-state index contributed by atoms with van der Waals surface area (Å²) in [6.45, 7) is 0. The standard InChI is InChI=1S/C7H5O2.Na/c8-5-6-3-1-2-4-7(6)9;/h1-4,9H;/q-1;+1. The molecule has 3 heteroatoms. The van der Waals surface area contributed by atoms with E-state index < -0.39 is 0 Å². The van der Waals surface area contributed by atoms with Crippen molar-refractivity contribution in [2.24, 2.45) is 0 Å². The Morgan fingerprint density at radius 1 is 1.30 bits per heavy atom. The minimum atomic E-state index is -0.0208. The zero-order chi connectivity index (χ0) is 6.69. The van der Waals surface area contributed by atoms with Crippen LogP contribution in [0.25, 0.3) is 0 Å². The minimum absolute atomic E-state index is 0. The van der Waals surface area contributed by atoms with Gasteiger partial charge in [0.25, 0.3) is 0 Å². The second-order valence-electron chi connectivity index (χ2n) is 1.62. The van der Waals surface area contributed by atoms with Gasteiger partial charge in [-0.2, -0.15) is 6.07 Å². The molecule has 0 fully saturated rings. The van der Waals surface area contributed by atoms with Crippen LogP contribution in [0.5, 0.6) is 5.75 Å². The fraction of sp³-hybridized carbons (Fsp3) is 0. The minimum Gasteiger partial charge on any atom is -0.565 e. The van der Waals surface area contributed by atoms with Crippen LogP contribution in [0.15, 0.2) is 24.3 Å². The van der Waals surface area contributed by atoms with Crippen molar-refractivity contribution in [1.29, 1.82) is 0 Å². The van der Waals surface area contributed by atoms with E-state index in [1.165, 1.54) is 12.1 Å². The maximum absolute atomic E-state index is 9.94. The van der Waals surface area contributed by atoms with Crippen molar-refractivity contribution in [2.75, 3.05) is 0 Å². The summed E-state index contributed by atoms with van der Waals surface area (Å²) in [7, 11) is 0. The van der Waals surface area contributed by atoms with E-state index in [2.05, 4.69) is 0 Å². The summed E-state index contributed by atoms with van der Waals surface area (Å²) in [4.78, 5) is 9.94. The first kappa shape index (κ1) is 9.69. The smallest absolute Gasteiger partial charge is 0.565 e. The van der Waals surface area contributed by atoms with Gasteiger partial charge >= 0.3 is 29.6 Å². The second-order valence-corrected chi connectivity index (χ2v) is 1.62. The summed E-state index contributed by atoms with van der Waals surface area (Å²) in [5, 5.41) is 8.85. The molecule has 2 nitrogen and oxygen atoms in total. The number of carbonyl (C=O) groups excluding carboxylic acids is 1. The van der Waals surface area contributed by atoms with Crippen molar-refractivity contribution < 1.29 is 39.5 Å². The van der Waals surface area contributed by atoms with Gasteiger partial charge in [0.2, 0.25) is 0 Å². The van der Waals surface area contributed by atoms with Crippen LogP contribution in [0.1, 0.15) is 5.56 Å². The van der Waals surface area contributed by atoms with Gasteiger partial charge in [-0.05, 0) is 0 Å². The van der Waals surface area contributed by atoms with Crippen molar-refractivity contribution in [3.63, 3.8) is 0 Å². The molecule has 0 unspecified atom stereocenters. The van der Waals surface area contributed by atoms with E-state index in [0.29, 0.717) is 0 Å². The predicted molar refractivity (Wildman–Crippen MR) is 32.9 cm³/mol. The summed E-state index contributed by atoms with van der Waals surface area (Å²) in [5.74, 6) is -0.0208. The van der Waals surface area contributed by atoms with Crippen molar-refractivity contribution in [1.82, 2.24) is 0 Å². The van der Waals surface area contributed by atoms with E-state index in [1.807, 2.05) is 0 Å². The number of aromatic hydroxyl groups is 1. The molecule has 0 heterocycles. The normalized spacial score (nSPS) is 8.00. The van der Waals surface area contributed by atoms with Gasteiger partial charge in [0.15, 0.2) is 0 Å². The molecule has 1 aromatic carbocycles. The van der Waals surface area contributed by atoms with Crippen LogP contribution in [0.2, 0.25) is 0 Å². The van der Waals surface area contributed by atoms with Gasteiger partial charge in [0.05, 0.1) is 6.29 Å². The Bertz CT molecular complexity index is 223. The molecule has 0 atom stereocenters. The SMILES string of the molecule is O=[C-]c1ccccc1O.[Na+]. The Hall–Kier alpha value is -0.310. The molecule has 0 spiro atoms. The van der Waals surface area contributed by atoms with Gasteiger partial charge in [-0.1, -0.05) is 12.1 Å². The van der Waals surface area contributed by atoms with Gasteiger partial charge in [-0.15, -0.1) is 11.6 Å². The number of hydrogen-bond donors (Lipinski definition) is 1. The van der Waals surface area contributed by atoms with E-state index in [4.69, 9.17) is 5.11 Å². The summed E-state index contributed by atoms with van der Waals surface area (Å²) >= 11 is 0. The average molecular weight is 144 g/mol. The average Bonchev–Trinajstić information content (AvgIpc) is 1.89. The molecule has 0 saturated heterocycles. The Labute approximate surface area is 81.2 Å². The molecule has 0 aromatic heterocycles. The van der Waals surface area contributed by atoms with E-state index in [0.717, 1.165) is 0 Å². The van der Waals surface area contributed by atoms with Crippen molar-refractivity contribution in [2.45, 2.75) is 0 Å². The van der Waals surface area contributed by atoms with Gasteiger partial charge in [0, 0.05) is 5.75 Å². The first-order valence-electron chi connectivity index (χ1n) is 2.51. The largest absolute Gasteiger partial charge is 1.00 e. The van der Waals surface area contributed by atoms with E-state index in [9.17, 15) is 4.79 Å². The molecule has 1 N–H and O–H groups in total. The van der Waals surface area contributed by atoms with Crippen molar-refractivity contribution in [3.8, 4) is 5.75 Å². The zero-order valence-corrected chi connectivity index (χ0v) is 7.66. The maximum Gasteiger partial charge on any atom is 1.00 e. The molecule has 1 aromatic rings. The quantitative estimate of drug-likeness (QED) is 0.360. The number of rotatable bonds is 1. The number of phenols is 1. The molecule has 0 amide bonds. The van der Waals surface area contributed by atoms with Crippen molar-refractivity contribution >= 4 is 6.29 Å². The van der Waals surface area contributed by atoms with E-state index in [-0.39, 0.29) is 40.9 Å². The van der Waals surface area contributed by atoms with E-state index in [1.54, 1.807) is 18.4 Å². The third-order valence-electron chi connectivity index (χ3n) is 1.01. The Morgan fingerprint density at radius 2 is 1.90 bits per heavy atom. The Kier molecular flexibility index (Phi) is 4.36. The van der Waals surface area contributed by atoms with Crippen LogP contribution in [0.4, 0.5) is 0 Å². The fourth-order valence-corrected chi connectivity index (χ4v) is 0.560. The first-order chi connectivity index (χ1) is 4.34. The molecule has 0 saturated carbocycles. The maximum atomic E-state index is 9.94.